The van der Waals surface area contributed by atoms with E-state index in [9.17, 15) is 22.4 Å². The second-order valence-corrected chi connectivity index (χ2v) is 15.6. The molecule has 0 aliphatic heterocycles. The summed E-state index contributed by atoms with van der Waals surface area (Å²) in [5, 5.41) is 9.00. The van der Waals surface area contributed by atoms with Gasteiger partial charge in [-0.15, -0.1) is 0 Å². The van der Waals surface area contributed by atoms with Crippen LogP contribution in [-0.4, -0.2) is 69.0 Å². The van der Waals surface area contributed by atoms with Gasteiger partial charge in [-0.2, -0.15) is 4.31 Å². The molecular weight excluding hydrogens is 646 g/mol. The van der Waals surface area contributed by atoms with Crippen molar-refractivity contribution in [3.63, 3.8) is 0 Å². The van der Waals surface area contributed by atoms with Crippen LogP contribution in [0.4, 0.5) is 10.1 Å². The van der Waals surface area contributed by atoms with E-state index in [1.54, 1.807) is 24.3 Å². The molecule has 0 unspecified atom stereocenters. The van der Waals surface area contributed by atoms with E-state index in [-0.39, 0.29) is 49.4 Å². The number of nitrogens with two attached hydrogens (primary N) is 1. The Labute approximate surface area is 291 Å². The minimum absolute atomic E-state index is 0.00278. The largest absolute Gasteiger partial charge is 0.399 e. The van der Waals surface area contributed by atoms with Crippen LogP contribution < -0.4 is 21.7 Å². The number of rotatable bonds is 18. The minimum Gasteiger partial charge on any atom is -0.399 e. The van der Waals surface area contributed by atoms with Gasteiger partial charge in [0.25, 0.3) is 0 Å². The lowest BCUT2D eigenvalue weighted by molar-refractivity contribution is -0.132. The molecule has 268 valence electrons. The fourth-order valence-corrected chi connectivity index (χ4v) is 7.06. The van der Waals surface area contributed by atoms with Gasteiger partial charge in [0.05, 0.1) is 23.6 Å². The third kappa shape index (κ3) is 12.5. The second kappa shape index (κ2) is 18.2. The van der Waals surface area contributed by atoms with Gasteiger partial charge in [-0.3, -0.25) is 9.59 Å². The molecule has 49 heavy (non-hydrogen) atoms. The zero-order valence-electron chi connectivity index (χ0n) is 29.4. The Balaban J connectivity index is 1.88. The molecule has 0 spiro atoms. The van der Waals surface area contributed by atoms with Crippen molar-refractivity contribution in [1.82, 2.24) is 20.3 Å². The summed E-state index contributed by atoms with van der Waals surface area (Å²) in [6.45, 7) is 11.9. The van der Waals surface area contributed by atoms with Crippen molar-refractivity contribution in [2.45, 2.75) is 77.6 Å². The maximum Gasteiger partial charge on any atom is 0.243 e. The number of anilines is 1. The molecule has 0 aliphatic rings. The van der Waals surface area contributed by atoms with Crippen molar-refractivity contribution in [3.05, 3.63) is 95.8 Å². The molecule has 0 radical (unpaired) electrons. The Morgan fingerprint density at radius 2 is 1.57 bits per heavy atom. The average molecular weight is 698 g/mol. The second-order valence-electron chi connectivity index (χ2n) is 13.7. The number of ether oxygens (including phenoxy) is 1. The Morgan fingerprint density at radius 3 is 2.16 bits per heavy atom. The molecule has 0 fully saturated rings. The third-order valence-electron chi connectivity index (χ3n) is 7.86. The highest BCUT2D eigenvalue weighted by atomic mass is 32.2. The number of nitrogen functional groups attached to an aromatic ring is 1. The zero-order valence-corrected chi connectivity index (χ0v) is 30.2. The van der Waals surface area contributed by atoms with Crippen molar-refractivity contribution in [3.8, 4) is 0 Å². The van der Waals surface area contributed by atoms with Crippen molar-refractivity contribution in [2.24, 2.45) is 11.3 Å². The van der Waals surface area contributed by atoms with Gasteiger partial charge in [-0.25, -0.2) is 12.8 Å². The number of benzene rings is 3. The molecular formula is C37H52FN5O5S. The van der Waals surface area contributed by atoms with Crippen LogP contribution in [0.25, 0.3) is 0 Å². The summed E-state index contributed by atoms with van der Waals surface area (Å²) in [6.07, 6.45) is -0.380. The predicted octanol–water partition coefficient (Wildman–Crippen LogP) is 4.51. The summed E-state index contributed by atoms with van der Waals surface area (Å²) in [6, 6.07) is 20.2. The standard InChI is InChI=1S/C37H52FN5O5S/c1-7-48-33(25-43(24-26(2)3)49(46,47)31-18-16-30(39)17-19-31)32(21-27-12-9-8-10-13-27)41-36(45)35(37(4,5)6)42-34(44)23-40-22-28-14-11-15-29(38)20-28/h8-20,26,32-33,35,40H,7,21-25,39H2,1-6H3,(H,41,45)(H,42,44)/t32-,33+,35+/m0/s1. The van der Waals surface area contributed by atoms with E-state index in [2.05, 4.69) is 16.0 Å². The molecule has 10 nitrogen and oxygen atoms in total. The van der Waals surface area contributed by atoms with Gasteiger partial charge in [0, 0.05) is 31.9 Å². The van der Waals surface area contributed by atoms with E-state index in [1.165, 1.54) is 28.6 Å². The number of nitrogens with one attached hydrogen (secondary N) is 3. The van der Waals surface area contributed by atoms with Crippen LogP contribution in [0.15, 0.2) is 83.8 Å². The molecule has 3 atom stereocenters. The quantitative estimate of drug-likeness (QED) is 0.143. The first kappa shape index (κ1) is 39.6. The first-order chi connectivity index (χ1) is 23.1. The predicted molar refractivity (Wildman–Crippen MR) is 191 cm³/mol. The lowest BCUT2D eigenvalue weighted by atomic mass is 9.85. The number of halogens is 1. The fraction of sp³-hybridized carbons (Fsp3) is 0.459. The Kier molecular flexibility index (Phi) is 14.7. The van der Waals surface area contributed by atoms with Crippen LogP contribution in [0.1, 0.15) is 52.7 Å². The summed E-state index contributed by atoms with van der Waals surface area (Å²) < 4.78 is 49.1. The van der Waals surface area contributed by atoms with E-state index in [0.717, 1.165) is 5.56 Å². The number of amides is 2. The highest BCUT2D eigenvalue weighted by Gasteiger charge is 2.37. The number of sulfonamides is 1. The van der Waals surface area contributed by atoms with Gasteiger partial charge in [0.15, 0.2) is 0 Å². The zero-order chi connectivity index (χ0) is 36.2. The van der Waals surface area contributed by atoms with Crippen LogP contribution in [0.2, 0.25) is 0 Å². The lowest BCUT2D eigenvalue weighted by Gasteiger charge is -2.36. The lowest BCUT2D eigenvalue weighted by Crippen LogP contribution is -2.59. The van der Waals surface area contributed by atoms with Gasteiger partial charge in [0.2, 0.25) is 21.8 Å². The normalized spacial score (nSPS) is 14.0. The number of nitrogens with zero attached hydrogens (tertiary/aromatic N) is 1. The maximum atomic E-state index is 14.1. The van der Waals surface area contributed by atoms with E-state index >= 15 is 0 Å². The van der Waals surface area contributed by atoms with Crippen LogP contribution in [0, 0.1) is 17.2 Å². The average Bonchev–Trinajstić information content (AvgIpc) is 3.02. The Morgan fingerprint density at radius 1 is 0.918 bits per heavy atom. The van der Waals surface area contributed by atoms with E-state index in [1.807, 2.05) is 71.9 Å². The summed E-state index contributed by atoms with van der Waals surface area (Å²) in [7, 11) is -3.95. The number of carbonyl (C=O) groups excluding carboxylic acids is 2. The monoisotopic (exact) mass is 697 g/mol. The SMILES string of the molecule is CCO[C@H](CN(CC(C)C)S(=O)(=O)c1ccc(N)cc1)[C@H](Cc1ccccc1)NC(=O)[C@@H](NC(=O)CNCc1cccc(F)c1)C(C)(C)C. The molecule has 0 aromatic heterocycles. The molecule has 0 saturated heterocycles. The first-order valence-corrected chi connectivity index (χ1v) is 18.1. The van der Waals surface area contributed by atoms with E-state index in [0.29, 0.717) is 17.7 Å². The van der Waals surface area contributed by atoms with Crippen molar-refractivity contribution in [1.29, 1.82) is 0 Å². The van der Waals surface area contributed by atoms with Crippen LogP contribution in [0.5, 0.6) is 0 Å². The summed E-state index contributed by atoms with van der Waals surface area (Å²) in [5.74, 6) is -1.18. The molecule has 2 amide bonds. The molecule has 12 heteroatoms. The van der Waals surface area contributed by atoms with Gasteiger partial charge in [-0.1, -0.05) is 77.1 Å². The van der Waals surface area contributed by atoms with Crippen molar-refractivity contribution >= 4 is 27.5 Å². The molecule has 5 N–H and O–H groups in total. The van der Waals surface area contributed by atoms with Gasteiger partial charge in [0.1, 0.15) is 11.9 Å². The highest BCUT2D eigenvalue weighted by molar-refractivity contribution is 7.89. The van der Waals surface area contributed by atoms with Crippen molar-refractivity contribution in [2.75, 3.05) is 32.0 Å². The molecule has 3 aromatic carbocycles. The molecule has 0 saturated carbocycles. The molecule has 0 aliphatic carbocycles. The topological polar surface area (TPSA) is 143 Å². The number of hydrogen-bond acceptors (Lipinski definition) is 7. The first-order valence-electron chi connectivity index (χ1n) is 16.7. The Bertz CT molecular complexity index is 1600. The third-order valence-corrected chi connectivity index (χ3v) is 9.71. The summed E-state index contributed by atoms with van der Waals surface area (Å²) in [4.78, 5) is 27.3. The van der Waals surface area contributed by atoms with Crippen LogP contribution in [0.3, 0.4) is 0 Å². The van der Waals surface area contributed by atoms with Crippen LogP contribution >= 0.6 is 0 Å². The number of hydrogen-bond donors (Lipinski definition) is 4. The van der Waals surface area contributed by atoms with Crippen LogP contribution in [-0.2, 0) is 37.3 Å². The van der Waals surface area contributed by atoms with E-state index < -0.39 is 45.4 Å². The summed E-state index contributed by atoms with van der Waals surface area (Å²) in [5.41, 5.74) is 7.22. The van der Waals surface area contributed by atoms with Gasteiger partial charge in [-0.05, 0) is 72.2 Å². The summed E-state index contributed by atoms with van der Waals surface area (Å²) >= 11 is 0. The number of carbonyl (C=O) groups is 2. The van der Waals surface area contributed by atoms with Crippen molar-refractivity contribution < 1.29 is 27.1 Å². The minimum atomic E-state index is -3.95. The Hall–Kier alpha value is -3.84. The smallest absolute Gasteiger partial charge is 0.243 e. The fourth-order valence-electron chi connectivity index (χ4n) is 5.44. The molecule has 0 bridgehead atoms. The van der Waals surface area contributed by atoms with Gasteiger partial charge < -0.3 is 26.4 Å². The molecule has 0 heterocycles. The van der Waals surface area contributed by atoms with E-state index in [4.69, 9.17) is 10.5 Å². The maximum absolute atomic E-state index is 14.1. The highest BCUT2D eigenvalue weighted by Crippen LogP contribution is 2.23. The van der Waals surface area contributed by atoms with Gasteiger partial charge >= 0.3 is 0 Å². The molecule has 3 rings (SSSR count). The molecule has 3 aromatic rings.